The Morgan fingerprint density at radius 1 is 1.40 bits per heavy atom. The van der Waals surface area contributed by atoms with Crippen LogP contribution in [0.15, 0.2) is 4.52 Å². The molecule has 0 bridgehead atoms. The Morgan fingerprint density at radius 2 is 2.00 bits per heavy atom. The number of anilines is 1. The molecule has 0 aliphatic carbocycles. The average Bonchev–Trinajstić information content (AvgIpc) is 2.48. The molecule has 84 valence electrons. The molecule has 0 saturated carbocycles. The normalized spacial score (nSPS) is 21.7. The van der Waals surface area contributed by atoms with Crippen LogP contribution in [0.3, 0.4) is 0 Å². The number of hydrogen-bond acceptors (Lipinski definition) is 5. The summed E-state index contributed by atoms with van der Waals surface area (Å²) in [4.78, 5) is 0. The summed E-state index contributed by atoms with van der Waals surface area (Å²) < 4.78 is 27.2. The Morgan fingerprint density at radius 3 is 2.47 bits per heavy atom. The zero-order valence-corrected chi connectivity index (χ0v) is 9.51. The van der Waals surface area contributed by atoms with Gasteiger partial charge in [0, 0.05) is 0 Å². The van der Waals surface area contributed by atoms with Gasteiger partial charge in [-0.1, -0.05) is 16.8 Å². The van der Waals surface area contributed by atoms with E-state index in [1.54, 1.807) is 0 Å². The molecule has 2 rings (SSSR count). The van der Waals surface area contributed by atoms with Crippen LogP contribution in [-0.4, -0.2) is 25.1 Å². The van der Waals surface area contributed by atoms with E-state index in [-0.39, 0.29) is 28.5 Å². The van der Waals surface area contributed by atoms with Crippen LogP contribution < -0.4 is 5.73 Å². The molecule has 0 aromatic carbocycles. The van der Waals surface area contributed by atoms with Gasteiger partial charge >= 0.3 is 0 Å². The van der Waals surface area contributed by atoms with E-state index >= 15 is 0 Å². The lowest BCUT2D eigenvalue weighted by atomic mass is 9.96. The van der Waals surface area contributed by atoms with Gasteiger partial charge in [-0.05, 0) is 18.8 Å². The van der Waals surface area contributed by atoms with Crippen molar-refractivity contribution in [2.45, 2.75) is 18.8 Å². The first-order valence-electron chi connectivity index (χ1n) is 4.60. The molecule has 1 aliphatic rings. The first-order chi connectivity index (χ1) is 6.99. The molecule has 0 spiro atoms. The van der Waals surface area contributed by atoms with Crippen molar-refractivity contribution in [3.05, 3.63) is 10.7 Å². The second kappa shape index (κ2) is 3.68. The molecule has 0 radical (unpaired) electrons. The number of halogens is 1. The number of rotatable bonds is 1. The second-order valence-corrected chi connectivity index (χ2v) is 6.34. The molecule has 7 heteroatoms. The smallest absolute Gasteiger partial charge is 0.227 e. The van der Waals surface area contributed by atoms with Gasteiger partial charge in [0.05, 0.1) is 17.1 Å². The molecule has 0 atom stereocenters. The fourth-order valence-corrected chi connectivity index (χ4v) is 3.61. The Hall–Kier alpha value is -0.750. The predicted molar refractivity (Wildman–Crippen MR) is 56.6 cm³/mol. The SMILES string of the molecule is Nc1onc(Cl)c1C1CCS(=O)(=O)CC1. The van der Waals surface area contributed by atoms with Crippen LogP contribution in [0.2, 0.25) is 5.15 Å². The number of nitrogen functional groups attached to an aromatic ring is 1. The van der Waals surface area contributed by atoms with Crippen molar-refractivity contribution < 1.29 is 12.9 Å². The first-order valence-corrected chi connectivity index (χ1v) is 6.80. The zero-order chi connectivity index (χ0) is 11.1. The van der Waals surface area contributed by atoms with Gasteiger partial charge < -0.3 is 10.3 Å². The number of nitrogens with two attached hydrogens (primary N) is 1. The van der Waals surface area contributed by atoms with Crippen molar-refractivity contribution in [3.8, 4) is 0 Å². The van der Waals surface area contributed by atoms with E-state index in [2.05, 4.69) is 5.16 Å². The molecule has 0 unspecified atom stereocenters. The topological polar surface area (TPSA) is 86.2 Å². The van der Waals surface area contributed by atoms with Gasteiger partial charge in [-0.2, -0.15) is 0 Å². The molecule has 1 saturated heterocycles. The molecule has 0 amide bonds. The van der Waals surface area contributed by atoms with E-state index < -0.39 is 9.84 Å². The van der Waals surface area contributed by atoms with Crippen molar-refractivity contribution in [2.24, 2.45) is 0 Å². The molecule has 2 N–H and O–H groups in total. The van der Waals surface area contributed by atoms with Crippen molar-refractivity contribution in [2.75, 3.05) is 17.2 Å². The van der Waals surface area contributed by atoms with E-state index in [0.717, 1.165) is 0 Å². The summed E-state index contributed by atoms with van der Waals surface area (Å²) in [5.41, 5.74) is 6.24. The van der Waals surface area contributed by atoms with Crippen LogP contribution in [0.4, 0.5) is 5.88 Å². The van der Waals surface area contributed by atoms with Gasteiger partial charge in [0.1, 0.15) is 9.84 Å². The third-order valence-electron chi connectivity index (χ3n) is 2.67. The summed E-state index contributed by atoms with van der Waals surface area (Å²) in [5, 5.41) is 3.79. The summed E-state index contributed by atoms with van der Waals surface area (Å²) >= 11 is 5.82. The highest BCUT2D eigenvalue weighted by molar-refractivity contribution is 7.91. The molecule has 1 fully saturated rings. The van der Waals surface area contributed by atoms with Crippen LogP contribution >= 0.6 is 11.6 Å². The molecule has 1 aromatic heterocycles. The molecular weight excluding hydrogens is 240 g/mol. The highest BCUT2D eigenvalue weighted by Crippen LogP contribution is 2.36. The molecule has 1 aliphatic heterocycles. The largest absolute Gasteiger partial charge is 0.367 e. The van der Waals surface area contributed by atoms with Crippen LogP contribution in [0.1, 0.15) is 24.3 Å². The standard InChI is InChI=1S/C8H11ClN2O3S/c9-7-6(8(10)14-11-7)5-1-3-15(12,13)4-2-5/h5H,1-4,10H2. The minimum atomic E-state index is -2.87. The monoisotopic (exact) mass is 250 g/mol. The Kier molecular flexibility index (Phi) is 2.64. The highest BCUT2D eigenvalue weighted by Gasteiger charge is 2.29. The predicted octanol–water partition coefficient (Wildman–Crippen LogP) is 1.20. The van der Waals surface area contributed by atoms with E-state index in [9.17, 15) is 8.42 Å². The lowest BCUT2D eigenvalue weighted by Gasteiger charge is -2.20. The second-order valence-electron chi connectivity index (χ2n) is 3.68. The summed E-state index contributed by atoms with van der Waals surface area (Å²) in [5.74, 6) is 0.605. The molecule has 2 heterocycles. The Labute approximate surface area is 92.5 Å². The molecule has 15 heavy (non-hydrogen) atoms. The summed E-state index contributed by atoms with van der Waals surface area (Å²) in [6, 6.07) is 0. The molecule has 5 nitrogen and oxygen atoms in total. The fourth-order valence-electron chi connectivity index (χ4n) is 1.84. The number of hydrogen-bond donors (Lipinski definition) is 1. The van der Waals surface area contributed by atoms with Crippen molar-refractivity contribution in [1.29, 1.82) is 0 Å². The van der Waals surface area contributed by atoms with Gasteiger partial charge in [-0.3, -0.25) is 0 Å². The van der Waals surface area contributed by atoms with Crippen LogP contribution in [-0.2, 0) is 9.84 Å². The van der Waals surface area contributed by atoms with E-state index in [4.69, 9.17) is 21.9 Å². The lowest BCUT2D eigenvalue weighted by Crippen LogP contribution is -2.22. The zero-order valence-electron chi connectivity index (χ0n) is 7.94. The first kappa shape index (κ1) is 10.8. The van der Waals surface area contributed by atoms with Crippen molar-refractivity contribution in [3.63, 3.8) is 0 Å². The maximum atomic E-state index is 11.2. The minimum absolute atomic E-state index is 0.0484. The third kappa shape index (κ3) is 2.10. The summed E-state index contributed by atoms with van der Waals surface area (Å²) in [6.07, 6.45) is 1.07. The van der Waals surface area contributed by atoms with Crippen LogP contribution in [0.25, 0.3) is 0 Å². The number of sulfone groups is 1. The fraction of sp³-hybridized carbons (Fsp3) is 0.625. The maximum Gasteiger partial charge on any atom is 0.227 e. The van der Waals surface area contributed by atoms with E-state index in [1.807, 2.05) is 0 Å². The Balaban J connectivity index is 2.21. The number of nitrogens with zero attached hydrogens (tertiary/aromatic N) is 1. The van der Waals surface area contributed by atoms with Crippen LogP contribution in [0, 0.1) is 0 Å². The number of aromatic nitrogens is 1. The quantitative estimate of drug-likeness (QED) is 0.809. The van der Waals surface area contributed by atoms with Gasteiger partial charge in [0.2, 0.25) is 5.88 Å². The Bertz CT molecular complexity index is 435. The summed E-state index contributed by atoms with van der Waals surface area (Å²) in [7, 11) is -2.87. The van der Waals surface area contributed by atoms with Gasteiger partial charge in [0.15, 0.2) is 5.15 Å². The van der Waals surface area contributed by atoms with Crippen molar-refractivity contribution in [1.82, 2.24) is 5.16 Å². The highest BCUT2D eigenvalue weighted by atomic mass is 35.5. The van der Waals surface area contributed by atoms with Gasteiger partial charge in [-0.25, -0.2) is 8.42 Å². The third-order valence-corrected chi connectivity index (χ3v) is 4.66. The lowest BCUT2D eigenvalue weighted by molar-refractivity contribution is 0.435. The summed E-state index contributed by atoms with van der Waals surface area (Å²) in [6.45, 7) is 0. The van der Waals surface area contributed by atoms with Crippen LogP contribution in [0.5, 0.6) is 0 Å². The van der Waals surface area contributed by atoms with Gasteiger partial charge in [0.25, 0.3) is 0 Å². The molecule has 1 aromatic rings. The molecular formula is C8H11ClN2O3S. The maximum absolute atomic E-state index is 11.2. The van der Waals surface area contributed by atoms with E-state index in [1.165, 1.54) is 0 Å². The van der Waals surface area contributed by atoms with E-state index in [0.29, 0.717) is 18.4 Å². The van der Waals surface area contributed by atoms with Gasteiger partial charge in [-0.15, -0.1) is 0 Å². The minimum Gasteiger partial charge on any atom is -0.367 e. The average molecular weight is 251 g/mol. The van der Waals surface area contributed by atoms with Crippen molar-refractivity contribution >= 4 is 27.3 Å².